The molecule has 1 aromatic rings. The molecule has 0 heterocycles. The first-order chi connectivity index (χ1) is 18.4. The fourth-order valence-corrected chi connectivity index (χ4v) is 3.83. The summed E-state index contributed by atoms with van der Waals surface area (Å²) in [4.78, 5) is 58.8. The molecule has 0 aliphatic carbocycles. The van der Waals surface area contributed by atoms with E-state index in [4.69, 9.17) is 10.8 Å². The molecular weight excluding hydrogens is 574 g/mol. The van der Waals surface area contributed by atoms with Gasteiger partial charge in [0.15, 0.2) is 0 Å². The van der Waals surface area contributed by atoms with Gasteiger partial charge in [0.25, 0.3) is 5.91 Å². The molecule has 0 fully saturated rings. The number of nitrogens with two attached hydrogens (primary N) is 1. The van der Waals surface area contributed by atoms with E-state index in [-0.39, 0.29) is 53.7 Å². The van der Waals surface area contributed by atoms with Crippen LogP contribution >= 0.6 is 15.9 Å². The van der Waals surface area contributed by atoms with Crippen LogP contribution in [0, 0.1) is 5.92 Å². The summed E-state index contributed by atoms with van der Waals surface area (Å²) in [5.41, 5.74) is 6.99. The molecule has 0 radical (unpaired) electrons. The quantitative estimate of drug-likeness (QED) is 0.0780. The zero-order valence-electron chi connectivity index (χ0n) is 22.2. The fraction of sp³-hybridized carbons (Fsp3) is 0.500. The maximum absolute atomic E-state index is 12.3. The number of rotatable bonds is 17. The first kappa shape index (κ1) is 33.6. The van der Waals surface area contributed by atoms with E-state index in [9.17, 15) is 29.1 Å². The molecule has 13 heteroatoms. The summed E-state index contributed by atoms with van der Waals surface area (Å²) < 4.78 is 0.0308. The molecule has 1 rings (SSSR count). The number of hydrogen-bond donors (Lipinski definition) is 7. The smallest absolute Gasteiger partial charge is 0.306 e. The highest BCUT2D eigenvalue weighted by atomic mass is 79.9. The number of phenols is 1. The monoisotopic (exact) mass is 611 g/mol. The van der Waals surface area contributed by atoms with Crippen LogP contribution in [0.15, 0.2) is 28.8 Å². The van der Waals surface area contributed by atoms with Gasteiger partial charge < -0.3 is 37.2 Å². The highest BCUT2D eigenvalue weighted by Crippen LogP contribution is 2.25. The van der Waals surface area contributed by atoms with Gasteiger partial charge in [0.05, 0.1) is 16.1 Å². The summed E-state index contributed by atoms with van der Waals surface area (Å²) in [6.07, 6.45) is 2.89. The number of carboxylic acid groups (broad SMARTS) is 1. The van der Waals surface area contributed by atoms with Crippen LogP contribution in [0.2, 0.25) is 0 Å². The Kier molecular flexibility index (Phi) is 15.5. The lowest BCUT2D eigenvalue weighted by Crippen LogP contribution is -2.28. The number of carboxylic acids is 1. The average molecular weight is 613 g/mol. The van der Waals surface area contributed by atoms with Gasteiger partial charge in [0, 0.05) is 44.6 Å². The molecule has 0 bridgehead atoms. The molecule has 0 saturated heterocycles. The van der Waals surface area contributed by atoms with Gasteiger partial charge in [0.1, 0.15) is 5.75 Å². The van der Waals surface area contributed by atoms with Gasteiger partial charge in [-0.1, -0.05) is 13.0 Å². The lowest BCUT2D eigenvalue weighted by molar-refractivity contribution is -0.141. The van der Waals surface area contributed by atoms with Crippen LogP contribution < -0.4 is 27.0 Å². The second kappa shape index (κ2) is 17.9. The topological polar surface area (TPSA) is 200 Å². The summed E-state index contributed by atoms with van der Waals surface area (Å²) >= 11 is 3.05. The zero-order valence-corrected chi connectivity index (χ0v) is 23.8. The van der Waals surface area contributed by atoms with Crippen molar-refractivity contribution in [3.05, 3.63) is 34.3 Å². The molecular formula is C26H38BrN5O7. The van der Waals surface area contributed by atoms with Crippen molar-refractivity contribution in [3.63, 3.8) is 0 Å². The minimum absolute atomic E-state index is 0.0308. The van der Waals surface area contributed by atoms with Gasteiger partial charge in [-0.25, -0.2) is 0 Å². The van der Waals surface area contributed by atoms with Crippen LogP contribution in [0.5, 0.6) is 5.75 Å². The number of carbonyl (C=O) groups is 5. The lowest BCUT2D eigenvalue weighted by Gasteiger charge is -2.15. The molecule has 0 spiro atoms. The Morgan fingerprint density at radius 3 is 2.31 bits per heavy atom. The largest absolute Gasteiger partial charge is 0.506 e. The first-order valence-corrected chi connectivity index (χ1v) is 13.5. The Bertz CT molecular complexity index is 1050. The van der Waals surface area contributed by atoms with E-state index in [0.717, 1.165) is 11.6 Å². The van der Waals surface area contributed by atoms with Crippen LogP contribution in [-0.2, 0) is 30.4 Å². The van der Waals surface area contributed by atoms with Crippen molar-refractivity contribution in [1.29, 1.82) is 0 Å². The second-order valence-electron chi connectivity index (χ2n) is 9.04. The number of carbonyl (C=O) groups excluding carboxylic acids is 4. The predicted octanol–water partition coefficient (Wildman–Crippen LogP) is 1.52. The molecule has 1 unspecified atom stereocenters. The Morgan fingerprint density at radius 1 is 1.03 bits per heavy atom. The molecule has 0 aliphatic rings. The molecule has 12 nitrogen and oxygen atoms in total. The molecule has 0 aromatic heterocycles. The Morgan fingerprint density at radius 2 is 1.67 bits per heavy atom. The van der Waals surface area contributed by atoms with Crippen LogP contribution in [0.3, 0.4) is 0 Å². The number of halogens is 1. The van der Waals surface area contributed by atoms with Gasteiger partial charge in [0.2, 0.25) is 17.7 Å². The highest BCUT2D eigenvalue weighted by molar-refractivity contribution is 9.12. The van der Waals surface area contributed by atoms with Crippen molar-refractivity contribution in [2.75, 3.05) is 25.0 Å². The van der Waals surface area contributed by atoms with E-state index in [0.29, 0.717) is 32.2 Å². The van der Waals surface area contributed by atoms with Gasteiger partial charge in [-0.15, -0.1) is 0 Å². The van der Waals surface area contributed by atoms with Crippen LogP contribution in [0.1, 0.15) is 51.5 Å². The Balaban J connectivity index is 2.41. The van der Waals surface area contributed by atoms with Gasteiger partial charge in [-0.05, 0) is 66.2 Å². The van der Waals surface area contributed by atoms with Crippen molar-refractivity contribution < 1.29 is 34.2 Å². The number of anilines is 1. The van der Waals surface area contributed by atoms with Gasteiger partial charge in [-0.3, -0.25) is 24.0 Å². The lowest BCUT2D eigenvalue weighted by atomic mass is 9.96. The number of phenolic OH excluding ortho intramolecular Hbond substituents is 1. The van der Waals surface area contributed by atoms with E-state index >= 15 is 0 Å². The first-order valence-electron chi connectivity index (χ1n) is 12.7. The van der Waals surface area contributed by atoms with Crippen molar-refractivity contribution in [1.82, 2.24) is 16.0 Å². The van der Waals surface area contributed by atoms with Crippen molar-refractivity contribution in [3.8, 4) is 5.75 Å². The van der Waals surface area contributed by atoms with Crippen LogP contribution in [0.4, 0.5) is 5.69 Å². The Hall–Kier alpha value is -3.45. The fourth-order valence-electron chi connectivity index (χ4n) is 3.48. The molecule has 0 saturated carbocycles. The highest BCUT2D eigenvalue weighted by Gasteiger charge is 2.17. The van der Waals surface area contributed by atoms with E-state index in [1.54, 1.807) is 19.1 Å². The van der Waals surface area contributed by atoms with Crippen molar-refractivity contribution >= 4 is 51.2 Å². The van der Waals surface area contributed by atoms with Crippen molar-refractivity contribution in [2.24, 2.45) is 11.7 Å². The minimum atomic E-state index is -0.921. The third-order valence-corrected chi connectivity index (χ3v) is 6.09. The predicted molar refractivity (Wildman–Crippen MR) is 150 cm³/mol. The van der Waals surface area contributed by atoms with Crippen molar-refractivity contribution in [2.45, 2.75) is 58.4 Å². The van der Waals surface area contributed by atoms with E-state index < -0.39 is 29.7 Å². The number of nitrogens with one attached hydrogen (secondary N) is 4. The molecule has 2 atom stereocenters. The Labute approximate surface area is 236 Å². The van der Waals surface area contributed by atoms with E-state index in [1.165, 1.54) is 6.07 Å². The standard InChI is InChI=1S/C26H38BrN5O7/c1-3-29-22(34)6-4-11-31-25(37)19(27)15-24(36)30-10-5-7-23(35)32-20-14-17(8-9-21(20)33)13-18(28)12-16(2)26(38)39/h8-9,14-16,18,33H,3-7,10-13,28H2,1-2H3,(H,29,34)(H,30,36)(H,31,37)(H,32,35)(H,38,39)/b19-15-/t16?,18-/m1/s1. The summed E-state index contributed by atoms with van der Waals surface area (Å²) in [5.74, 6) is -3.09. The zero-order chi connectivity index (χ0) is 29.4. The average Bonchev–Trinajstić information content (AvgIpc) is 2.86. The molecule has 1 aromatic carbocycles. The molecule has 0 aliphatic heterocycles. The summed E-state index contributed by atoms with van der Waals surface area (Å²) in [6, 6.07) is 4.28. The third kappa shape index (κ3) is 14.3. The van der Waals surface area contributed by atoms with Gasteiger partial charge in [-0.2, -0.15) is 0 Å². The van der Waals surface area contributed by atoms with E-state index in [2.05, 4.69) is 37.2 Å². The number of aromatic hydroxyl groups is 1. The summed E-state index contributed by atoms with van der Waals surface area (Å²) in [5, 5.41) is 29.6. The number of hydrogen-bond acceptors (Lipinski definition) is 7. The molecule has 216 valence electrons. The minimum Gasteiger partial charge on any atom is -0.506 e. The number of aliphatic carboxylic acids is 1. The molecule has 8 N–H and O–H groups in total. The summed E-state index contributed by atoms with van der Waals surface area (Å²) in [7, 11) is 0. The molecule has 4 amide bonds. The summed E-state index contributed by atoms with van der Waals surface area (Å²) in [6.45, 7) is 4.41. The maximum Gasteiger partial charge on any atom is 0.306 e. The normalized spacial score (nSPS) is 12.7. The van der Waals surface area contributed by atoms with Crippen LogP contribution in [0.25, 0.3) is 0 Å². The molecule has 39 heavy (non-hydrogen) atoms. The third-order valence-electron chi connectivity index (χ3n) is 5.51. The number of amides is 4. The van der Waals surface area contributed by atoms with Gasteiger partial charge >= 0.3 is 5.97 Å². The SMILES string of the molecule is CCNC(=O)CCCNC(=O)/C(Br)=C/C(=O)NCCCC(=O)Nc1cc(C[C@H](N)CC(C)C(=O)O)ccc1O. The maximum atomic E-state index is 12.3. The van der Waals surface area contributed by atoms with E-state index in [1.807, 2.05) is 6.92 Å². The number of benzene rings is 1. The second-order valence-corrected chi connectivity index (χ2v) is 9.89. The van der Waals surface area contributed by atoms with Crippen LogP contribution in [-0.4, -0.2) is 65.5 Å².